The number of carbonyl (C=O) groups is 1. The van der Waals surface area contributed by atoms with E-state index in [2.05, 4.69) is 0 Å². The quantitative estimate of drug-likeness (QED) is 0.814. The molecule has 0 saturated carbocycles. The van der Waals surface area contributed by atoms with Gasteiger partial charge in [0.2, 0.25) is 0 Å². The van der Waals surface area contributed by atoms with Crippen molar-refractivity contribution in [1.29, 1.82) is 0 Å². The van der Waals surface area contributed by atoms with Crippen molar-refractivity contribution in [1.82, 2.24) is 0 Å². The molecule has 4 heteroatoms. The molecule has 0 saturated heterocycles. The Bertz CT molecular complexity index is 666. The maximum atomic E-state index is 12.2. The number of carbonyl (C=O) groups excluding carboxylic acids is 1. The lowest BCUT2D eigenvalue weighted by Crippen LogP contribution is -2.29. The molecule has 0 spiro atoms. The van der Waals surface area contributed by atoms with Crippen LogP contribution in [0.2, 0.25) is 0 Å². The van der Waals surface area contributed by atoms with Crippen molar-refractivity contribution in [3.63, 3.8) is 0 Å². The van der Waals surface area contributed by atoms with E-state index in [1.807, 2.05) is 48.5 Å². The number of rotatable bonds is 4. The first-order valence-electron chi connectivity index (χ1n) is 7.27. The molecule has 0 aromatic heterocycles. The average Bonchev–Trinajstić information content (AvgIpc) is 2.59. The fourth-order valence-electron chi connectivity index (χ4n) is 2.57. The molecule has 22 heavy (non-hydrogen) atoms. The van der Waals surface area contributed by atoms with Gasteiger partial charge in [-0.15, -0.1) is 0 Å². The molecule has 1 atom stereocenters. The van der Waals surface area contributed by atoms with E-state index < -0.39 is 0 Å². The SMILES string of the molecule is COc1ccccc1COC(=O)C1COc2ccccc2C1. The highest BCUT2D eigenvalue weighted by Gasteiger charge is 2.27. The standard InChI is InChI=1S/C18H18O4/c1-20-16-8-4-3-7-14(16)11-22-18(19)15-10-13-6-2-5-9-17(13)21-12-15/h2-9,15H,10-12H2,1H3. The zero-order valence-electron chi connectivity index (χ0n) is 12.5. The third-order valence-electron chi connectivity index (χ3n) is 3.77. The van der Waals surface area contributed by atoms with Gasteiger partial charge in [-0.1, -0.05) is 36.4 Å². The van der Waals surface area contributed by atoms with Crippen molar-refractivity contribution < 1.29 is 19.0 Å². The van der Waals surface area contributed by atoms with Crippen LogP contribution in [0.3, 0.4) is 0 Å². The molecule has 0 radical (unpaired) electrons. The van der Waals surface area contributed by atoms with Crippen LogP contribution < -0.4 is 9.47 Å². The van der Waals surface area contributed by atoms with Crippen LogP contribution in [0.4, 0.5) is 0 Å². The summed E-state index contributed by atoms with van der Waals surface area (Å²) < 4.78 is 16.3. The minimum absolute atomic E-state index is 0.209. The van der Waals surface area contributed by atoms with Crippen LogP contribution >= 0.6 is 0 Å². The fourth-order valence-corrected chi connectivity index (χ4v) is 2.57. The van der Waals surface area contributed by atoms with Crippen LogP contribution in [-0.2, 0) is 22.6 Å². The van der Waals surface area contributed by atoms with E-state index >= 15 is 0 Å². The minimum atomic E-state index is -0.260. The first-order chi connectivity index (χ1) is 10.8. The lowest BCUT2D eigenvalue weighted by molar-refractivity contribution is -0.151. The predicted octanol–water partition coefficient (Wildman–Crippen LogP) is 2.99. The number of benzene rings is 2. The summed E-state index contributed by atoms with van der Waals surface area (Å²) in [6.07, 6.45) is 0.654. The first kappa shape index (κ1) is 14.4. The minimum Gasteiger partial charge on any atom is -0.496 e. The van der Waals surface area contributed by atoms with E-state index in [1.165, 1.54) is 0 Å². The summed E-state index contributed by atoms with van der Waals surface area (Å²) in [6.45, 7) is 0.572. The van der Waals surface area contributed by atoms with Crippen molar-refractivity contribution in [2.45, 2.75) is 13.0 Å². The number of para-hydroxylation sites is 2. The van der Waals surface area contributed by atoms with E-state index in [4.69, 9.17) is 14.2 Å². The molecule has 2 aromatic rings. The Labute approximate surface area is 129 Å². The summed E-state index contributed by atoms with van der Waals surface area (Å²) in [6, 6.07) is 15.3. The second-order valence-corrected chi connectivity index (χ2v) is 5.24. The average molecular weight is 298 g/mol. The maximum Gasteiger partial charge on any atom is 0.313 e. The van der Waals surface area contributed by atoms with Gasteiger partial charge in [0.25, 0.3) is 0 Å². The zero-order valence-corrected chi connectivity index (χ0v) is 12.5. The van der Waals surface area contributed by atoms with Crippen molar-refractivity contribution in [3.8, 4) is 11.5 Å². The molecule has 114 valence electrons. The highest BCUT2D eigenvalue weighted by Crippen LogP contribution is 2.27. The second-order valence-electron chi connectivity index (χ2n) is 5.24. The topological polar surface area (TPSA) is 44.8 Å². The highest BCUT2D eigenvalue weighted by molar-refractivity contribution is 5.73. The summed E-state index contributed by atoms with van der Waals surface area (Å²) in [7, 11) is 1.60. The Hall–Kier alpha value is -2.49. The fraction of sp³-hybridized carbons (Fsp3) is 0.278. The van der Waals surface area contributed by atoms with E-state index in [9.17, 15) is 4.79 Å². The van der Waals surface area contributed by atoms with E-state index in [0.29, 0.717) is 13.0 Å². The molecular weight excluding hydrogens is 280 g/mol. The van der Waals surface area contributed by atoms with E-state index in [1.54, 1.807) is 7.11 Å². The summed E-state index contributed by atoms with van der Waals surface area (Å²) in [5.74, 6) is 1.09. The van der Waals surface area contributed by atoms with Crippen LogP contribution in [-0.4, -0.2) is 19.7 Å². The van der Waals surface area contributed by atoms with Gasteiger partial charge in [0.05, 0.1) is 13.0 Å². The normalized spacial score (nSPS) is 16.3. The largest absolute Gasteiger partial charge is 0.496 e. The van der Waals surface area contributed by atoms with E-state index in [0.717, 1.165) is 22.6 Å². The van der Waals surface area contributed by atoms with Gasteiger partial charge in [0.15, 0.2) is 0 Å². The van der Waals surface area contributed by atoms with Gasteiger partial charge in [-0.3, -0.25) is 4.79 Å². The Morgan fingerprint density at radius 1 is 1.18 bits per heavy atom. The molecule has 2 aromatic carbocycles. The molecule has 0 aliphatic carbocycles. The van der Waals surface area contributed by atoms with Gasteiger partial charge >= 0.3 is 5.97 Å². The van der Waals surface area contributed by atoms with Gasteiger partial charge in [0.1, 0.15) is 24.7 Å². The smallest absolute Gasteiger partial charge is 0.313 e. The molecule has 3 rings (SSSR count). The van der Waals surface area contributed by atoms with Crippen LogP contribution in [0.25, 0.3) is 0 Å². The summed E-state index contributed by atoms with van der Waals surface area (Å²) in [5.41, 5.74) is 1.91. The first-order valence-corrected chi connectivity index (χ1v) is 7.27. The summed E-state index contributed by atoms with van der Waals surface area (Å²) in [4.78, 5) is 12.2. The lowest BCUT2D eigenvalue weighted by atomic mass is 9.97. The Morgan fingerprint density at radius 2 is 1.95 bits per heavy atom. The molecule has 0 fully saturated rings. The monoisotopic (exact) mass is 298 g/mol. The van der Waals surface area contributed by atoms with Gasteiger partial charge < -0.3 is 14.2 Å². The number of fused-ring (bicyclic) bond motifs is 1. The summed E-state index contributed by atoms with van der Waals surface area (Å²) >= 11 is 0. The van der Waals surface area contributed by atoms with Crippen LogP contribution in [0.15, 0.2) is 48.5 Å². The number of hydrogen-bond acceptors (Lipinski definition) is 4. The van der Waals surface area contributed by atoms with Crippen molar-refractivity contribution in [3.05, 3.63) is 59.7 Å². The molecule has 1 aliphatic rings. The molecule has 0 amide bonds. The van der Waals surface area contributed by atoms with Gasteiger partial charge in [-0.05, 0) is 24.1 Å². The van der Waals surface area contributed by atoms with Crippen molar-refractivity contribution in [2.75, 3.05) is 13.7 Å². The third-order valence-corrected chi connectivity index (χ3v) is 3.77. The van der Waals surface area contributed by atoms with E-state index in [-0.39, 0.29) is 18.5 Å². The molecule has 0 bridgehead atoms. The number of hydrogen-bond donors (Lipinski definition) is 0. The van der Waals surface area contributed by atoms with Crippen LogP contribution in [0.5, 0.6) is 11.5 Å². The summed E-state index contributed by atoms with van der Waals surface area (Å²) in [5, 5.41) is 0. The Morgan fingerprint density at radius 3 is 2.82 bits per heavy atom. The zero-order chi connectivity index (χ0) is 15.4. The second kappa shape index (κ2) is 6.52. The van der Waals surface area contributed by atoms with Crippen molar-refractivity contribution in [2.24, 2.45) is 5.92 Å². The third kappa shape index (κ3) is 3.06. The molecular formula is C18H18O4. The van der Waals surface area contributed by atoms with Gasteiger partial charge in [0, 0.05) is 5.56 Å². The lowest BCUT2D eigenvalue weighted by Gasteiger charge is -2.24. The van der Waals surface area contributed by atoms with Gasteiger partial charge in [-0.2, -0.15) is 0 Å². The van der Waals surface area contributed by atoms with Crippen LogP contribution in [0, 0.1) is 5.92 Å². The highest BCUT2D eigenvalue weighted by atomic mass is 16.5. The number of esters is 1. The Kier molecular flexibility index (Phi) is 4.28. The Balaban J connectivity index is 1.61. The molecule has 1 heterocycles. The molecule has 1 unspecified atom stereocenters. The van der Waals surface area contributed by atoms with Crippen LogP contribution in [0.1, 0.15) is 11.1 Å². The molecule has 4 nitrogen and oxygen atoms in total. The maximum absolute atomic E-state index is 12.2. The number of methoxy groups -OCH3 is 1. The number of ether oxygens (including phenoxy) is 3. The molecule has 1 aliphatic heterocycles. The van der Waals surface area contributed by atoms with Crippen molar-refractivity contribution >= 4 is 5.97 Å². The predicted molar refractivity (Wildman–Crippen MR) is 81.9 cm³/mol. The van der Waals surface area contributed by atoms with Gasteiger partial charge in [-0.25, -0.2) is 0 Å². The molecule has 0 N–H and O–H groups in total.